The Morgan fingerprint density at radius 1 is 1.19 bits per heavy atom. The predicted molar refractivity (Wildman–Crippen MR) is 100 cm³/mol. The minimum atomic E-state index is -0.103. The third-order valence-corrected chi connectivity index (χ3v) is 4.93. The summed E-state index contributed by atoms with van der Waals surface area (Å²) in [6.07, 6.45) is 3.84. The lowest BCUT2D eigenvalue weighted by molar-refractivity contribution is 0.215. The Morgan fingerprint density at radius 2 is 1.96 bits per heavy atom. The molecule has 140 valence electrons. The Balaban J connectivity index is 1.78. The van der Waals surface area contributed by atoms with Crippen LogP contribution in [0.3, 0.4) is 0 Å². The Labute approximate surface area is 153 Å². The van der Waals surface area contributed by atoms with E-state index in [0.717, 1.165) is 30.6 Å². The lowest BCUT2D eigenvalue weighted by Crippen LogP contribution is -2.37. The molecule has 0 aromatic carbocycles. The molecule has 1 aliphatic heterocycles. The summed E-state index contributed by atoms with van der Waals surface area (Å²) >= 11 is 0. The number of aryl methyl sites for hydroxylation is 1. The maximum atomic E-state index is 12.3. The van der Waals surface area contributed by atoms with Crippen molar-refractivity contribution in [3.05, 3.63) is 56.4 Å². The van der Waals surface area contributed by atoms with Gasteiger partial charge in [-0.15, -0.1) is 0 Å². The molecule has 2 aromatic rings. The maximum Gasteiger partial charge on any atom is 0.266 e. The molecule has 1 aliphatic rings. The van der Waals surface area contributed by atoms with Crippen LogP contribution in [-0.4, -0.2) is 37.0 Å². The zero-order valence-electron chi connectivity index (χ0n) is 16.0. The summed E-state index contributed by atoms with van der Waals surface area (Å²) in [5, 5.41) is 8.68. The SMILES string of the molecule is Cn1ncc(CN2CCCC2Cn2nc(C(C)(C)C)ccc2=O)cc1=O. The minimum Gasteiger partial charge on any atom is -0.294 e. The Hall–Kier alpha value is -2.28. The van der Waals surface area contributed by atoms with Crippen LogP contribution in [-0.2, 0) is 25.6 Å². The van der Waals surface area contributed by atoms with Gasteiger partial charge >= 0.3 is 0 Å². The van der Waals surface area contributed by atoms with Crippen LogP contribution in [0.25, 0.3) is 0 Å². The van der Waals surface area contributed by atoms with Crippen molar-refractivity contribution < 1.29 is 0 Å². The zero-order valence-corrected chi connectivity index (χ0v) is 16.0. The van der Waals surface area contributed by atoms with E-state index in [2.05, 4.69) is 35.9 Å². The number of rotatable bonds is 4. The predicted octanol–water partition coefficient (Wildman–Crippen LogP) is 1.30. The van der Waals surface area contributed by atoms with E-state index in [0.29, 0.717) is 13.1 Å². The largest absolute Gasteiger partial charge is 0.294 e. The molecule has 0 spiro atoms. The maximum absolute atomic E-state index is 12.3. The number of hydrogen-bond donors (Lipinski definition) is 0. The second-order valence-corrected chi connectivity index (χ2v) is 8.08. The molecular formula is C19H27N5O2. The first-order valence-electron chi connectivity index (χ1n) is 9.09. The third kappa shape index (κ3) is 4.09. The highest BCUT2D eigenvalue weighted by Crippen LogP contribution is 2.22. The summed E-state index contributed by atoms with van der Waals surface area (Å²) in [5.74, 6) is 0. The molecule has 0 aliphatic carbocycles. The van der Waals surface area contributed by atoms with Gasteiger partial charge in [-0.3, -0.25) is 14.5 Å². The lowest BCUT2D eigenvalue weighted by Gasteiger charge is -2.25. The normalized spacial score (nSPS) is 18.4. The van der Waals surface area contributed by atoms with Crippen molar-refractivity contribution in [1.29, 1.82) is 0 Å². The molecule has 0 saturated carbocycles. The summed E-state index contributed by atoms with van der Waals surface area (Å²) in [5.41, 5.74) is 1.55. The smallest absolute Gasteiger partial charge is 0.266 e. The van der Waals surface area contributed by atoms with Crippen LogP contribution in [0.4, 0.5) is 0 Å². The topological polar surface area (TPSA) is 73.0 Å². The minimum absolute atomic E-state index is 0.0694. The number of nitrogens with zero attached hydrogens (tertiary/aromatic N) is 5. The van der Waals surface area contributed by atoms with Gasteiger partial charge in [-0.05, 0) is 31.0 Å². The molecule has 0 radical (unpaired) electrons. The molecule has 0 bridgehead atoms. The van der Waals surface area contributed by atoms with Crippen LogP contribution >= 0.6 is 0 Å². The van der Waals surface area contributed by atoms with E-state index >= 15 is 0 Å². The summed E-state index contributed by atoms with van der Waals surface area (Å²) in [6, 6.07) is 5.29. The number of hydrogen-bond acceptors (Lipinski definition) is 5. The van der Waals surface area contributed by atoms with E-state index in [1.54, 1.807) is 30.1 Å². The first-order valence-corrected chi connectivity index (χ1v) is 9.09. The van der Waals surface area contributed by atoms with Crippen molar-refractivity contribution >= 4 is 0 Å². The van der Waals surface area contributed by atoms with E-state index in [4.69, 9.17) is 0 Å². The summed E-state index contributed by atoms with van der Waals surface area (Å²) in [4.78, 5) is 26.4. The lowest BCUT2D eigenvalue weighted by atomic mass is 9.92. The van der Waals surface area contributed by atoms with Crippen molar-refractivity contribution in [2.45, 2.75) is 58.2 Å². The molecule has 0 amide bonds. The zero-order chi connectivity index (χ0) is 18.9. The van der Waals surface area contributed by atoms with Gasteiger partial charge < -0.3 is 0 Å². The summed E-state index contributed by atoms with van der Waals surface area (Å²) < 4.78 is 2.91. The second kappa shape index (κ2) is 7.15. The van der Waals surface area contributed by atoms with E-state index in [1.165, 1.54) is 4.68 Å². The molecule has 7 nitrogen and oxygen atoms in total. The fourth-order valence-electron chi connectivity index (χ4n) is 3.32. The van der Waals surface area contributed by atoms with Crippen LogP contribution in [0.15, 0.2) is 34.0 Å². The van der Waals surface area contributed by atoms with Gasteiger partial charge in [0.1, 0.15) is 0 Å². The average Bonchev–Trinajstić information content (AvgIpc) is 2.99. The standard InChI is InChI=1S/C19H27N5O2/c1-19(2,3)16-7-8-17(25)24(21-16)13-15-6-5-9-23(15)12-14-10-18(26)22(4)20-11-14/h7-8,10-11,15H,5-6,9,12-13H2,1-4H3. The highest BCUT2D eigenvalue weighted by molar-refractivity contribution is 5.11. The van der Waals surface area contributed by atoms with Gasteiger partial charge in [0.25, 0.3) is 11.1 Å². The first kappa shape index (κ1) is 18.5. The van der Waals surface area contributed by atoms with Crippen molar-refractivity contribution in [1.82, 2.24) is 24.5 Å². The fourth-order valence-corrected chi connectivity index (χ4v) is 3.32. The summed E-state index contributed by atoms with van der Waals surface area (Å²) in [6.45, 7) is 8.47. The third-order valence-electron chi connectivity index (χ3n) is 4.93. The van der Waals surface area contributed by atoms with Crippen LogP contribution in [0.1, 0.15) is 44.9 Å². The van der Waals surface area contributed by atoms with Gasteiger partial charge in [-0.1, -0.05) is 20.8 Å². The molecule has 1 atom stereocenters. The second-order valence-electron chi connectivity index (χ2n) is 8.08. The summed E-state index contributed by atoms with van der Waals surface area (Å²) in [7, 11) is 1.64. The molecule has 1 saturated heterocycles. The van der Waals surface area contributed by atoms with Crippen LogP contribution in [0, 0.1) is 0 Å². The van der Waals surface area contributed by atoms with Crippen molar-refractivity contribution in [2.75, 3.05) is 6.54 Å². The van der Waals surface area contributed by atoms with Gasteiger partial charge in [-0.2, -0.15) is 10.2 Å². The van der Waals surface area contributed by atoms with Crippen LogP contribution in [0.2, 0.25) is 0 Å². The van der Waals surface area contributed by atoms with E-state index in [9.17, 15) is 9.59 Å². The van der Waals surface area contributed by atoms with Crippen molar-refractivity contribution in [3.63, 3.8) is 0 Å². The highest BCUT2D eigenvalue weighted by atomic mass is 16.1. The Morgan fingerprint density at radius 3 is 2.65 bits per heavy atom. The van der Waals surface area contributed by atoms with Gasteiger partial charge in [-0.25, -0.2) is 9.36 Å². The van der Waals surface area contributed by atoms with E-state index < -0.39 is 0 Å². The van der Waals surface area contributed by atoms with E-state index in [-0.39, 0.29) is 22.6 Å². The fraction of sp³-hybridized carbons (Fsp3) is 0.579. The average molecular weight is 357 g/mol. The number of aromatic nitrogens is 4. The Kier molecular flexibility index (Phi) is 5.09. The Bertz CT molecular complexity index is 894. The van der Waals surface area contributed by atoms with Crippen LogP contribution < -0.4 is 11.1 Å². The van der Waals surface area contributed by atoms with Gasteiger partial charge in [0.05, 0.1) is 18.4 Å². The quantitative estimate of drug-likeness (QED) is 0.825. The number of likely N-dealkylation sites (tertiary alicyclic amines) is 1. The molecule has 1 fully saturated rings. The molecule has 2 aromatic heterocycles. The molecular weight excluding hydrogens is 330 g/mol. The van der Waals surface area contributed by atoms with Crippen LogP contribution in [0.5, 0.6) is 0 Å². The van der Waals surface area contributed by atoms with Gasteiger partial charge in [0, 0.05) is 37.2 Å². The van der Waals surface area contributed by atoms with Gasteiger partial charge in [0.15, 0.2) is 0 Å². The monoisotopic (exact) mass is 357 g/mol. The first-order chi connectivity index (χ1) is 12.2. The van der Waals surface area contributed by atoms with E-state index in [1.807, 2.05) is 6.07 Å². The van der Waals surface area contributed by atoms with Crippen molar-refractivity contribution in [3.8, 4) is 0 Å². The molecule has 26 heavy (non-hydrogen) atoms. The molecule has 0 N–H and O–H groups in total. The van der Waals surface area contributed by atoms with Gasteiger partial charge in [0.2, 0.25) is 0 Å². The highest BCUT2D eigenvalue weighted by Gasteiger charge is 2.26. The van der Waals surface area contributed by atoms with Crippen molar-refractivity contribution in [2.24, 2.45) is 7.05 Å². The molecule has 7 heteroatoms. The molecule has 3 heterocycles. The molecule has 3 rings (SSSR count). The molecule has 1 unspecified atom stereocenters.